The van der Waals surface area contributed by atoms with Gasteiger partial charge in [0.25, 0.3) is 0 Å². The number of amides is 1. The topological polar surface area (TPSA) is 148 Å². The number of nitrogens with two attached hydrogens (primary N) is 1. The third-order valence-electron chi connectivity index (χ3n) is 2.11. The van der Waals surface area contributed by atoms with Crippen LogP contribution in [0.4, 0.5) is 0 Å². The molecule has 0 radical (unpaired) electrons. The van der Waals surface area contributed by atoms with Crippen LogP contribution in [0.3, 0.4) is 0 Å². The summed E-state index contributed by atoms with van der Waals surface area (Å²) in [4.78, 5) is 11.1. The molecular formula is C10H15N3O5. The van der Waals surface area contributed by atoms with Crippen molar-refractivity contribution >= 4 is 5.91 Å². The summed E-state index contributed by atoms with van der Waals surface area (Å²) < 4.78 is 0. The van der Waals surface area contributed by atoms with Crippen molar-refractivity contribution in [1.29, 1.82) is 0 Å². The van der Waals surface area contributed by atoms with Crippen molar-refractivity contribution in [2.45, 2.75) is 19.2 Å². The number of carbonyl (C=O) groups excluding carboxylic acids is 1. The van der Waals surface area contributed by atoms with Gasteiger partial charge in [0.05, 0.1) is 6.42 Å². The van der Waals surface area contributed by atoms with Crippen LogP contribution in [0.5, 0.6) is 17.2 Å². The second kappa shape index (κ2) is 6.05. The Labute approximate surface area is 103 Å². The summed E-state index contributed by atoms with van der Waals surface area (Å²) in [5.41, 5.74) is 9.99. The number of rotatable bonds is 5. The second-order valence-electron chi connectivity index (χ2n) is 3.61. The van der Waals surface area contributed by atoms with Gasteiger partial charge in [-0.25, -0.2) is 5.43 Å². The van der Waals surface area contributed by atoms with E-state index in [1.165, 1.54) is 12.1 Å². The third-order valence-corrected chi connectivity index (χ3v) is 2.11. The molecule has 8 N–H and O–H groups in total. The van der Waals surface area contributed by atoms with Crippen LogP contribution >= 0.6 is 0 Å². The van der Waals surface area contributed by atoms with E-state index in [1.807, 2.05) is 0 Å². The van der Waals surface area contributed by atoms with Gasteiger partial charge in [-0.2, -0.15) is 0 Å². The van der Waals surface area contributed by atoms with E-state index in [9.17, 15) is 15.0 Å². The zero-order chi connectivity index (χ0) is 13.7. The number of aliphatic hydroxyl groups is 1. The molecule has 0 aliphatic rings. The Morgan fingerprint density at radius 3 is 2.56 bits per heavy atom. The molecule has 0 saturated heterocycles. The van der Waals surface area contributed by atoms with E-state index in [4.69, 9.17) is 15.9 Å². The summed E-state index contributed by atoms with van der Waals surface area (Å²) in [6.07, 6.45) is -1.50. The first-order valence-corrected chi connectivity index (χ1v) is 5.10. The van der Waals surface area contributed by atoms with Gasteiger partial charge in [0.2, 0.25) is 11.7 Å². The molecule has 0 saturated carbocycles. The first-order chi connectivity index (χ1) is 8.41. The number of aromatic hydroxyl groups is 3. The van der Waals surface area contributed by atoms with Crippen LogP contribution in [-0.4, -0.2) is 32.6 Å². The smallest absolute Gasteiger partial charge is 0.238 e. The molecule has 8 heteroatoms. The molecule has 100 valence electrons. The lowest BCUT2D eigenvalue weighted by atomic mass is 10.2. The molecule has 0 spiro atoms. The van der Waals surface area contributed by atoms with Crippen molar-refractivity contribution < 1.29 is 25.2 Å². The lowest BCUT2D eigenvalue weighted by Gasteiger charge is -2.10. The van der Waals surface area contributed by atoms with Gasteiger partial charge < -0.3 is 26.2 Å². The van der Waals surface area contributed by atoms with E-state index in [0.29, 0.717) is 0 Å². The number of phenolic OH excluding ortho intramolecular Hbond substituents is 3. The number of aliphatic hydroxyl groups excluding tert-OH is 1. The number of carbonyl (C=O) groups is 1. The predicted octanol–water partition coefficient (Wildman–Crippen LogP) is -1.41. The van der Waals surface area contributed by atoms with E-state index in [-0.39, 0.29) is 18.5 Å². The average Bonchev–Trinajstić information content (AvgIpc) is 2.28. The van der Waals surface area contributed by atoms with E-state index in [1.54, 1.807) is 0 Å². The highest BCUT2D eigenvalue weighted by molar-refractivity contribution is 5.75. The molecule has 1 aromatic rings. The van der Waals surface area contributed by atoms with Crippen LogP contribution < -0.4 is 16.6 Å². The van der Waals surface area contributed by atoms with Crippen molar-refractivity contribution in [3.05, 3.63) is 17.7 Å². The zero-order valence-electron chi connectivity index (χ0n) is 9.42. The molecule has 0 aliphatic heterocycles. The lowest BCUT2D eigenvalue weighted by molar-refractivity contribution is -0.123. The molecule has 0 heterocycles. The second-order valence-corrected chi connectivity index (χ2v) is 3.61. The van der Waals surface area contributed by atoms with Crippen molar-refractivity contribution in [3.8, 4) is 17.2 Å². The minimum atomic E-state index is -1.24. The van der Waals surface area contributed by atoms with Crippen LogP contribution in [0.25, 0.3) is 0 Å². The molecule has 8 nitrogen and oxygen atoms in total. The molecule has 1 atom stereocenters. The van der Waals surface area contributed by atoms with Crippen LogP contribution in [0, 0.1) is 0 Å². The van der Waals surface area contributed by atoms with E-state index < -0.39 is 29.4 Å². The first-order valence-electron chi connectivity index (χ1n) is 5.10. The number of hydrogen-bond donors (Lipinski definition) is 7. The van der Waals surface area contributed by atoms with Gasteiger partial charge in [0, 0.05) is 12.1 Å². The van der Waals surface area contributed by atoms with Gasteiger partial charge in [-0.15, -0.1) is 0 Å². The fraction of sp³-hybridized carbons (Fsp3) is 0.300. The maximum absolute atomic E-state index is 11.1. The van der Waals surface area contributed by atoms with Gasteiger partial charge in [-0.3, -0.25) is 10.2 Å². The van der Waals surface area contributed by atoms with Gasteiger partial charge >= 0.3 is 0 Å². The number of hydrogen-bond acceptors (Lipinski definition) is 7. The fourth-order valence-electron chi connectivity index (χ4n) is 1.23. The van der Waals surface area contributed by atoms with Crippen LogP contribution in [0.1, 0.15) is 12.0 Å². The SMILES string of the molecule is NC(O)CC(=O)NNCc1ccc(O)c(O)c1O. The van der Waals surface area contributed by atoms with Crippen LogP contribution in [0.15, 0.2) is 12.1 Å². The number of hydrazine groups is 1. The Kier molecular flexibility index (Phi) is 4.72. The quantitative estimate of drug-likeness (QED) is 0.195. The molecule has 1 unspecified atom stereocenters. The van der Waals surface area contributed by atoms with Crippen molar-refractivity contribution in [3.63, 3.8) is 0 Å². The van der Waals surface area contributed by atoms with E-state index in [2.05, 4.69) is 10.9 Å². The summed E-state index contributed by atoms with van der Waals surface area (Å²) in [6.45, 7) is 0.0199. The molecule has 0 aromatic heterocycles. The van der Waals surface area contributed by atoms with Crippen molar-refractivity contribution in [2.75, 3.05) is 0 Å². The van der Waals surface area contributed by atoms with Crippen LogP contribution in [0.2, 0.25) is 0 Å². The zero-order valence-corrected chi connectivity index (χ0v) is 9.42. The van der Waals surface area contributed by atoms with E-state index in [0.717, 1.165) is 0 Å². The molecule has 0 bridgehead atoms. The summed E-state index contributed by atoms with van der Waals surface area (Å²) >= 11 is 0. The monoisotopic (exact) mass is 257 g/mol. The molecule has 18 heavy (non-hydrogen) atoms. The third kappa shape index (κ3) is 3.77. The molecule has 1 amide bonds. The summed E-state index contributed by atoms with van der Waals surface area (Å²) in [6, 6.07) is 2.58. The Hall–Kier alpha value is -2.03. The molecule has 0 aliphatic carbocycles. The Morgan fingerprint density at radius 1 is 1.28 bits per heavy atom. The first kappa shape index (κ1) is 14.0. The molecule has 1 aromatic carbocycles. The lowest BCUT2D eigenvalue weighted by Crippen LogP contribution is -2.39. The summed E-state index contributed by atoms with van der Waals surface area (Å²) in [7, 11) is 0. The van der Waals surface area contributed by atoms with Crippen LogP contribution in [-0.2, 0) is 11.3 Å². The van der Waals surface area contributed by atoms with E-state index >= 15 is 0 Å². The standard InChI is InChI=1S/C10H15N3O5/c11-7(15)3-8(16)13-12-4-5-1-2-6(14)10(18)9(5)17/h1-2,7,12,14-15,17-18H,3-4,11H2,(H,13,16). The highest BCUT2D eigenvalue weighted by Crippen LogP contribution is 2.36. The van der Waals surface area contributed by atoms with Crippen molar-refractivity contribution in [1.82, 2.24) is 10.9 Å². The Bertz CT molecular complexity index is 436. The molecule has 0 fully saturated rings. The fourth-order valence-corrected chi connectivity index (χ4v) is 1.23. The normalized spacial score (nSPS) is 12.1. The number of benzene rings is 1. The maximum Gasteiger partial charge on any atom is 0.238 e. The molecular weight excluding hydrogens is 242 g/mol. The maximum atomic E-state index is 11.1. The molecule has 1 rings (SSSR count). The van der Waals surface area contributed by atoms with Gasteiger partial charge in [-0.1, -0.05) is 6.07 Å². The largest absolute Gasteiger partial charge is 0.504 e. The highest BCUT2D eigenvalue weighted by atomic mass is 16.3. The predicted molar refractivity (Wildman–Crippen MR) is 61.2 cm³/mol. The Morgan fingerprint density at radius 2 is 1.94 bits per heavy atom. The minimum Gasteiger partial charge on any atom is -0.504 e. The van der Waals surface area contributed by atoms with Gasteiger partial charge in [0.1, 0.15) is 6.23 Å². The number of nitrogens with one attached hydrogen (secondary N) is 2. The van der Waals surface area contributed by atoms with Gasteiger partial charge in [-0.05, 0) is 6.07 Å². The Balaban J connectivity index is 2.50. The number of phenols is 3. The average molecular weight is 257 g/mol. The minimum absolute atomic E-state index is 0.0199. The van der Waals surface area contributed by atoms with Gasteiger partial charge in [0.15, 0.2) is 11.5 Å². The highest BCUT2D eigenvalue weighted by Gasteiger charge is 2.11. The summed E-state index contributed by atoms with van der Waals surface area (Å²) in [5.74, 6) is -2.06. The van der Waals surface area contributed by atoms with Crippen molar-refractivity contribution in [2.24, 2.45) is 5.73 Å². The summed E-state index contributed by atoms with van der Waals surface area (Å²) in [5, 5.41) is 36.6.